The highest BCUT2D eigenvalue weighted by atomic mass is 16.1. The van der Waals surface area contributed by atoms with Crippen LogP contribution in [0.2, 0.25) is 0 Å². The summed E-state index contributed by atoms with van der Waals surface area (Å²) in [4.78, 5) is 15.3. The Hall–Kier alpha value is -1.90. The van der Waals surface area contributed by atoms with Gasteiger partial charge in [0.2, 0.25) is 0 Å². The Morgan fingerprint density at radius 2 is 2.14 bits per heavy atom. The summed E-state index contributed by atoms with van der Waals surface area (Å²) in [6.07, 6.45) is 1.59. The SMILES string of the molecule is CC(=O)c1ccc2cc(N)cnc2c1. The van der Waals surface area contributed by atoms with E-state index in [1.807, 2.05) is 12.1 Å². The van der Waals surface area contributed by atoms with Gasteiger partial charge in [-0.3, -0.25) is 9.78 Å². The van der Waals surface area contributed by atoms with Crippen LogP contribution in [0.1, 0.15) is 17.3 Å². The third-order valence-corrected chi connectivity index (χ3v) is 2.11. The normalized spacial score (nSPS) is 10.4. The number of carbonyl (C=O) groups is 1. The first-order chi connectivity index (χ1) is 6.66. The van der Waals surface area contributed by atoms with Gasteiger partial charge in [0, 0.05) is 10.9 Å². The van der Waals surface area contributed by atoms with Crippen LogP contribution >= 0.6 is 0 Å². The molecule has 0 saturated heterocycles. The lowest BCUT2D eigenvalue weighted by Crippen LogP contribution is -1.93. The minimum absolute atomic E-state index is 0.0468. The summed E-state index contributed by atoms with van der Waals surface area (Å²) < 4.78 is 0. The van der Waals surface area contributed by atoms with Gasteiger partial charge in [0.15, 0.2) is 5.78 Å². The second kappa shape index (κ2) is 3.10. The quantitative estimate of drug-likeness (QED) is 0.693. The molecule has 3 heteroatoms. The number of pyridine rings is 1. The van der Waals surface area contributed by atoms with Crippen LogP contribution in [-0.4, -0.2) is 10.8 Å². The predicted octanol–water partition coefficient (Wildman–Crippen LogP) is 2.02. The summed E-state index contributed by atoms with van der Waals surface area (Å²) in [6, 6.07) is 7.25. The number of ketones is 1. The first-order valence-electron chi connectivity index (χ1n) is 4.33. The summed E-state index contributed by atoms with van der Waals surface area (Å²) in [6.45, 7) is 1.54. The van der Waals surface area contributed by atoms with Gasteiger partial charge >= 0.3 is 0 Å². The summed E-state index contributed by atoms with van der Waals surface area (Å²) in [5.74, 6) is 0.0468. The molecule has 0 atom stereocenters. The molecule has 1 aromatic carbocycles. The van der Waals surface area contributed by atoms with Crippen molar-refractivity contribution in [3.63, 3.8) is 0 Å². The second-order valence-electron chi connectivity index (χ2n) is 3.23. The Balaban J connectivity index is 2.67. The van der Waals surface area contributed by atoms with Gasteiger partial charge in [-0.05, 0) is 19.1 Å². The van der Waals surface area contributed by atoms with Crippen molar-refractivity contribution in [2.45, 2.75) is 6.92 Å². The number of fused-ring (bicyclic) bond motifs is 1. The van der Waals surface area contributed by atoms with Crippen molar-refractivity contribution in [1.82, 2.24) is 4.98 Å². The summed E-state index contributed by atoms with van der Waals surface area (Å²) in [7, 11) is 0. The number of hydrogen-bond donors (Lipinski definition) is 1. The number of hydrogen-bond acceptors (Lipinski definition) is 3. The van der Waals surface area contributed by atoms with Crippen molar-refractivity contribution in [1.29, 1.82) is 0 Å². The van der Waals surface area contributed by atoms with Crippen LogP contribution < -0.4 is 5.73 Å². The van der Waals surface area contributed by atoms with E-state index in [1.165, 1.54) is 0 Å². The number of aromatic nitrogens is 1. The third-order valence-electron chi connectivity index (χ3n) is 2.11. The highest BCUT2D eigenvalue weighted by Crippen LogP contribution is 2.16. The minimum Gasteiger partial charge on any atom is -0.397 e. The van der Waals surface area contributed by atoms with Gasteiger partial charge in [0.1, 0.15) is 0 Å². The fourth-order valence-electron chi connectivity index (χ4n) is 1.36. The number of benzene rings is 1. The molecule has 0 unspecified atom stereocenters. The Labute approximate surface area is 81.6 Å². The molecule has 3 nitrogen and oxygen atoms in total. The lowest BCUT2D eigenvalue weighted by Gasteiger charge is -2.00. The first-order valence-corrected chi connectivity index (χ1v) is 4.33. The maximum Gasteiger partial charge on any atom is 0.159 e. The van der Waals surface area contributed by atoms with E-state index in [1.54, 1.807) is 25.3 Å². The Kier molecular flexibility index (Phi) is 1.93. The molecule has 2 N–H and O–H groups in total. The zero-order chi connectivity index (χ0) is 10.1. The molecule has 14 heavy (non-hydrogen) atoms. The van der Waals surface area contributed by atoms with Crippen LogP contribution in [0.25, 0.3) is 10.9 Å². The van der Waals surface area contributed by atoms with E-state index in [0.29, 0.717) is 11.3 Å². The van der Waals surface area contributed by atoms with Crippen molar-refractivity contribution < 1.29 is 4.79 Å². The molecule has 0 bridgehead atoms. The molecule has 0 aliphatic rings. The fraction of sp³-hybridized carbons (Fsp3) is 0.0909. The van der Waals surface area contributed by atoms with Crippen molar-refractivity contribution in [3.8, 4) is 0 Å². The average Bonchev–Trinajstić information content (AvgIpc) is 2.16. The largest absolute Gasteiger partial charge is 0.397 e. The minimum atomic E-state index is 0.0468. The standard InChI is InChI=1S/C11H10N2O/c1-7(14)8-2-3-9-4-10(12)6-13-11(9)5-8/h2-6H,12H2,1H3. The molecule has 1 heterocycles. The Morgan fingerprint density at radius 1 is 1.36 bits per heavy atom. The molecule has 0 saturated carbocycles. The van der Waals surface area contributed by atoms with E-state index in [4.69, 9.17) is 5.73 Å². The first kappa shape index (κ1) is 8.69. The van der Waals surface area contributed by atoms with Gasteiger partial charge in [0.25, 0.3) is 0 Å². The third kappa shape index (κ3) is 1.44. The van der Waals surface area contributed by atoms with Gasteiger partial charge in [0.05, 0.1) is 17.4 Å². The molecule has 2 rings (SSSR count). The van der Waals surface area contributed by atoms with E-state index in [-0.39, 0.29) is 5.78 Å². The van der Waals surface area contributed by atoms with Crippen LogP contribution in [0.15, 0.2) is 30.5 Å². The number of carbonyl (C=O) groups excluding carboxylic acids is 1. The molecule has 0 spiro atoms. The monoisotopic (exact) mass is 186 g/mol. The van der Waals surface area contributed by atoms with E-state index < -0.39 is 0 Å². The predicted molar refractivity (Wildman–Crippen MR) is 56.2 cm³/mol. The van der Waals surface area contributed by atoms with E-state index in [2.05, 4.69) is 4.98 Å². The van der Waals surface area contributed by atoms with Crippen LogP contribution in [0.5, 0.6) is 0 Å². The highest BCUT2D eigenvalue weighted by Gasteiger charge is 2.01. The molecule has 0 amide bonds. The summed E-state index contributed by atoms with van der Waals surface area (Å²) in [5, 5.41) is 0.954. The van der Waals surface area contributed by atoms with Crippen LogP contribution in [0, 0.1) is 0 Å². The van der Waals surface area contributed by atoms with Crippen LogP contribution in [-0.2, 0) is 0 Å². The second-order valence-corrected chi connectivity index (χ2v) is 3.23. The van der Waals surface area contributed by atoms with Gasteiger partial charge in [-0.1, -0.05) is 12.1 Å². The maximum absolute atomic E-state index is 11.1. The van der Waals surface area contributed by atoms with Gasteiger partial charge in [-0.2, -0.15) is 0 Å². The molecular formula is C11H10N2O. The zero-order valence-electron chi connectivity index (χ0n) is 7.82. The maximum atomic E-state index is 11.1. The molecule has 70 valence electrons. The van der Waals surface area contributed by atoms with Crippen molar-refractivity contribution >= 4 is 22.4 Å². The number of Topliss-reactive ketones (excluding diaryl/α,β-unsaturated/α-hetero) is 1. The van der Waals surface area contributed by atoms with Crippen molar-refractivity contribution in [2.24, 2.45) is 0 Å². The summed E-state index contributed by atoms with van der Waals surface area (Å²) >= 11 is 0. The van der Waals surface area contributed by atoms with E-state index >= 15 is 0 Å². The number of nitrogen functional groups attached to an aromatic ring is 1. The number of anilines is 1. The Morgan fingerprint density at radius 3 is 2.86 bits per heavy atom. The molecule has 0 aliphatic heterocycles. The van der Waals surface area contributed by atoms with Crippen molar-refractivity contribution in [2.75, 3.05) is 5.73 Å². The highest BCUT2D eigenvalue weighted by molar-refractivity contribution is 5.97. The van der Waals surface area contributed by atoms with Gasteiger partial charge < -0.3 is 5.73 Å². The van der Waals surface area contributed by atoms with Crippen LogP contribution in [0.3, 0.4) is 0 Å². The van der Waals surface area contributed by atoms with E-state index in [0.717, 1.165) is 10.9 Å². The molecule has 0 aliphatic carbocycles. The smallest absolute Gasteiger partial charge is 0.159 e. The Bertz CT molecular complexity index is 506. The molecule has 0 fully saturated rings. The molecule has 1 aromatic heterocycles. The fourth-order valence-corrected chi connectivity index (χ4v) is 1.36. The molecular weight excluding hydrogens is 176 g/mol. The number of rotatable bonds is 1. The van der Waals surface area contributed by atoms with E-state index in [9.17, 15) is 4.79 Å². The number of nitrogens with two attached hydrogens (primary N) is 1. The summed E-state index contributed by atoms with van der Waals surface area (Å²) in [5.41, 5.74) is 7.70. The van der Waals surface area contributed by atoms with Gasteiger partial charge in [-0.15, -0.1) is 0 Å². The molecule has 0 radical (unpaired) electrons. The topological polar surface area (TPSA) is 56.0 Å². The molecule has 2 aromatic rings. The van der Waals surface area contributed by atoms with Crippen molar-refractivity contribution in [3.05, 3.63) is 36.0 Å². The van der Waals surface area contributed by atoms with Crippen LogP contribution in [0.4, 0.5) is 5.69 Å². The lowest BCUT2D eigenvalue weighted by molar-refractivity contribution is 0.101. The van der Waals surface area contributed by atoms with Gasteiger partial charge in [-0.25, -0.2) is 0 Å². The zero-order valence-corrected chi connectivity index (χ0v) is 7.82. The average molecular weight is 186 g/mol. The number of nitrogens with zero attached hydrogens (tertiary/aromatic N) is 1. The lowest BCUT2D eigenvalue weighted by atomic mass is 10.1.